The summed E-state index contributed by atoms with van der Waals surface area (Å²) in [6.07, 6.45) is 12.7. The molecule has 0 radical (unpaired) electrons. The molecule has 0 bridgehead atoms. The summed E-state index contributed by atoms with van der Waals surface area (Å²) < 4.78 is 31.0. The maximum Gasteiger partial charge on any atom is 0.280 e. The number of fused-ring (bicyclic) bond motifs is 1. The van der Waals surface area contributed by atoms with Crippen LogP contribution in [-0.2, 0) is 18.0 Å². The van der Waals surface area contributed by atoms with E-state index in [0.29, 0.717) is 18.1 Å². The zero-order valence-corrected chi connectivity index (χ0v) is 43.6. The van der Waals surface area contributed by atoms with Gasteiger partial charge in [0.25, 0.3) is 5.56 Å². The molecule has 336 valence electrons. The molecule has 2 aromatic heterocycles. The van der Waals surface area contributed by atoms with E-state index in [1.165, 1.54) is 51.4 Å². The van der Waals surface area contributed by atoms with Crippen LogP contribution in [-0.4, -0.2) is 94.7 Å². The van der Waals surface area contributed by atoms with Crippen LogP contribution >= 0.6 is 0 Å². The monoisotopic (exact) mass is 873 g/mol. The highest BCUT2D eigenvalue weighted by Crippen LogP contribution is 2.47. The van der Waals surface area contributed by atoms with E-state index < -0.39 is 49.5 Å². The SMILES string of the molecule is CCCCCCCCCCCCC#Cc1nc2c(=O)[nH]c(/N=C/N(C)C)nc2n1[C@@H]1O[C@H](CO[Si](C)(C)C(C)(C)C)[C@@H](O[Si](C)(C)C(C)(C)C)[C@H]1O[Si](C)(C)C(C)(C)C. The molecule has 0 saturated carbocycles. The molecule has 0 aromatic carbocycles. The first-order valence-electron chi connectivity index (χ1n) is 22.5. The molecule has 1 fully saturated rings. The summed E-state index contributed by atoms with van der Waals surface area (Å²) in [7, 11) is -3.30. The molecule has 1 saturated heterocycles. The van der Waals surface area contributed by atoms with Gasteiger partial charge >= 0.3 is 0 Å². The van der Waals surface area contributed by atoms with E-state index in [9.17, 15) is 4.79 Å². The van der Waals surface area contributed by atoms with Crippen molar-refractivity contribution in [1.82, 2.24) is 24.4 Å². The quantitative estimate of drug-likeness (QED) is 0.0460. The zero-order chi connectivity index (χ0) is 44.6. The van der Waals surface area contributed by atoms with Crippen LogP contribution in [0.15, 0.2) is 9.79 Å². The van der Waals surface area contributed by atoms with Crippen molar-refractivity contribution in [3.8, 4) is 11.8 Å². The second-order valence-electron chi connectivity index (χ2n) is 21.6. The van der Waals surface area contributed by atoms with E-state index in [0.717, 1.165) is 19.3 Å². The highest BCUT2D eigenvalue weighted by Gasteiger charge is 2.55. The Labute approximate surface area is 362 Å². The minimum atomic E-state index is -2.46. The molecule has 59 heavy (non-hydrogen) atoms. The van der Waals surface area contributed by atoms with E-state index >= 15 is 0 Å². The van der Waals surface area contributed by atoms with Gasteiger partial charge in [-0.15, -0.1) is 0 Å². The minimum absolute atomic E-state index is 0.00378. The minimum Gasteiger partial charge on any atom is -0.414 e. The number of nitrogens with one attached hydrogen (secondary N) is 1. The molecule has 3 heterocycles. The fraction of sp³-hybridized carbons (Fsp3) is 0.822. The van der Waals surface area contributed by atoms with E-state index in [1.807, 2.05) is 18.7 Å². The Morgan fingerprint density at radius 2 is 1.29 bits per heavy atom. The van der Waals surface area contributed by atoms with Gasteiger partial charge in [-0.25, -0.2) is 9.98 Å². The number of rotatable bonds is 20. The first kappa shape index (κ1) is 51.2. The lowest BCUT2D eigenvalue weighted by molar-refractivity contribution is -0.0473. The van der Waals surface area contributed by atoms with Crippen molar-refractivity contribution < 1.29 is 18.0 Å². The number of aromatic amines is 1. The Hall–Kier alpha value is -2.13. The van der Waals surface area contributed by atoms with Gasteiger partial charge in [0.2, 0.25) is 5.95 Å². The summed E-state index contributed by atoms with van der Waals surface area (Å²) in [5, 5.41) is -0.171. The predicted octanol–water partition coefficient (Wildman–Crippen LogP) is 11.7. The molecule has 11 nitrogen and oxygen atoms in total. The van der Waals surface area contributed by atoms with Crippen molar-refractivity contribution >= 4 is 48.4 Å². The molecule has 1 aliphatic heterocycles. The summed E-state index contributed by atoms with van der Waals surface area (Å²) in [5.74, 6) is 7.39. The Morgan fingerprint density at radius 1 is 0.780 bits per heavy atom. The molecular formula is C45H84N6O5Si3. The van der Waals surface area contributed by atoms with Crippen LogP contribution in [0.1, 0.15) is 152 Å². The van der Waals surface area contributed by atoms with Crippen molar-refractivity contribution in [3.05, 3.63) is 16.2 Å². The molecule has 14 heteroatoms. The number of nitrogens with zero attached hydrogens (tertiary/aromatic N) is 5. The average Bonchev–Trinajstić information content (AvgIpc) is 3.62. The van der Waals surface area contributed by atoms with Crippen LogP contribution < -0.4 is 5.56 Å². The van der Waals surface area contributed by atoms with Crippen molar-refractivity contribution in [3.63, 3.8) is 0 Å². The standard InChI is InChI=1S/C45H84N6O5Si3/c1-19-20-21-22-23-24-25-26-27-28-29-30-31-35-47-36-39(48-42(49-40(36)52)46-33-50(11)12)51(35)41-38(56-59(17,18)45(8,9)10)37(55-58(15,16)44(5,6)7)34(54-41)32-53-57(13,14)43(2,3)4/h33-34,37-38,41H,19-29,32H2,1-18H3,(H,48,49,52)/b46-33+/t34-,37-,38-,41-/m1/s1. The molecule has 0 unspecified atom stereocenters. The number of ether oxygens (including phenoxy) is 1. The number of H-pyrrole nitrogens is 1. The number of hydrogen-bond acceptors (Lipinski definition) is 8. The summed E-state index contributed by atoms with van der Waals surface area (Å²) in [6, 6.07) is 0. The number of unbranched alkanes of at least 4 members (excludes halogenated alkanes) is 10. The van der Waals surface area contributed by atoms with Crippen LogP contribution in [0.3, 0.4) is 0 Å². The first-order chi connectivity index (χ1) is 27.1. The third kappa shape index (κ3) is 13.9. The average molecular weight is 873 g/mol. The highest BCUT2D eigenvalue weighted by atomic mass is 28.4. The summed E-state index contributed by atoms with van der Waals surface area (Å²) in [5.41, 5.74) is 0.160. The van der Waals surface area contributed by atoms with E-state index in [4.69, 9.17) is 28.0 Å². The lowest BCUT2D eigenvalue weighted by Gasteiger charge is -2.44. The Balaban J connectivity index is 2.19. The molecule has 0 amide bonds. The van der Waals surface area contributed by atoms with E-state index in [2.05, 4.69) is 130 Å². The molecule has 0 spiro atoms. The van der Waals surface area contributed by atoms with Gasteiger partial charge in [0.1, 0.15) is 18.3 Å². The fourth-order valence-electron chi connectivity index (χ4n) is 6.23. The molecule has 1 aliphatic rings. The lowest BCUT2D eigenvalue weighted by Crippen LogP contribution is -2.54. The fourth-order valence-corrected chi connectivity index (χ4v) is 9.85. The number of imidazole rings is 1. The van der Waals surface area contributed by atoms with E-state index in [-0.39, 0.29) is 32.1 Å². The Kier molecular flexibility index (Phi) is 18.1. The van der Waals surface area contributed by atoms with Crippen LogP contribution in [0.2, 0.25) is 54.4 Å². The largest absolute Gasteiger partial charge is 0.414 e. The molecular weight excluding hydrogens is 789 g/mol. The van der Waals surface area contributed by atoms with Gasteiger partial charge in [0.05, 0.1) is 12.9 Å². The number of aromatic nitrogens is 4. The summed E-state index contributed by atoms with van der Waals surface area (Å²) in [6.45, 7) is 36.5. The number of aliphatic imine (C=N–C) groups is 1. The third-order valence-corrected chi connectivity index (χ3v) is 26.7. The normalized spacial score (nSPS) is 19.8. The van der Waals surface area contributed by atoms with Crippen molar-refractivity contribution in [2.24, 2.45) is 4.99 Å². The molecule has 3 rings (SSSR count). The smallest absolute Gasteiger partial charge is 0.280 e. The Morgan fingerprint density at radius 3 is 1.80 bits per heavy atom. The lowest BCUT2D eigenvalue weighted by atomic mass is 10.1. The summed E-state index contributed by atoms with van der Waals surface area (Å²) >= 11 is 0. The van der Waals surface area contributed by atoms with Gasteiger partial charge in [0.15, 0.2) is 48.2 Å². The highest BCUT2D eigenvalue weighted by molar-refractivity contribution is 6.75. The van der Waals surface area contributed by atoms with Crippen molar-refractivity contribution in [2.75, 3.05) is 20.7 Å². The van der Waals surface area contributed by atoms with Crippen LogP contribution in [0.5, 0.6) is 0 Å². The maximum atomic E-state index is 13.8. The molecule has 4 atom stereocenters. The van der Waals surface area contributed by atoms with Gasteiger partial charge < -0.3 is 22.9 Å². The molecule has 0 aliphatic carbocycles. The third-order valence-electron chi connectivity index (χ3n) is 13.2. The second-order valence-corrected chi connectivity index (χ2v) is 36.0. The van der Waals surface area contributed by atoms with Crippen LogP contribution in [0, 0.1) is 11.8 Å². The predicted molar refractivity (Wildman–Crippen MR) is 255 cm³/mol. The zero-order valence-electron chi connectivity index (χ0n) is 40.6. The van der Waals surface area contributed by atoms with Gasteiger partial charge in [-0.3, -0.25) is 14.3 Å². The maximum absolute atomic E-state index is 13.8. The van der Waals surface area contributed by atoms with Gasteiger partial charge in [0, 0.05) is 20.5 Å². The topological polar surface area (TPSA) is 116 Å². The number of hydrogen-bond donors (Lipinski definition) is 1. The van der Waals surface area contributed by atoms with Crippen LogP contribution in [0.4, 0.5) is 5.95 Å². The van der Waals surface area contributed by atoms with Gasteiger partial charge in [-0.1, -0.05) is 133 Å². The van der Waals surface area contributed by atoms with Gasteiger partial charge in [-0.2, -0.15) is 4.98 Å². The van der Waals surface area contributed by atoms with E-state index in [1.54, 1.807) is 11.2 Å². The van der Waals surface area contributed by atoms with Crippen LogP contribution in [0.25, 0.3) is 11.2 Å². The molecule has 1 N–H and O–H groups in total. The first-order valence-corrected chi connectivity index (χ1v) is 31.2. The second kappa shape index (κ2) is 20.8. The molecule has 2 aromatic rings. The summed E-state index contributed by atoms with van der Waals surface area (Å²) in [4.78, 5) is 32.7. The Bertz CT molecular complexity index is 1790. The van der Waals surface area contributed by atoms with Crippen molar-refractivity contribution in [2.45, 2.75) is 219 Å². The van der Waals surface area contributed by atoms with Crippen molar-refractivity contribution in [1.29, 1.82) is 0 Å². The van der Waals surface area contributed by atoms with Gasteiger partial charge in [-0.05, 0) is 66.7 Å².